The molecule has 0 aliphatic carbocycles. The molecule has 1 fully saturated rings. The Labute approximate surface area is 140 Å². The molecule has 1 aromatic rings. The Bertz CT molecular complexity index is 654. The number of ether oxygens (including phenoxy) is 1. The molecule has 2 N–H and O–H groups in total. The van der Waals surface area contributed by atoms with E-state index in [1.807, 2.05) is 0 Å². The molecule has 0 radical (unpaired) electrons. The summed E-state index contributed by atoms with van der Waals surface area (Å²) in [5.41, 5.74) is -0.265. The molecule has 0 unspecified atom stereocenters. The standard InChI is InChI=1S/C14H12BrCl2NO3/c15-7-1-2-8(16)9(11(7)17)10-12(19)14(18-13(10)20)3-5-21-6-4-14/h1-2,19H,3-6H2,(H,18,20). The summed E-state index contributed by atoms with van der Waals surface area (Å²) in [5, 5.41) is 14.1. The third kappa shape index (κ3) is 2.36. The number of benzene rings is 1. The van der Waals surface area contributed by atoms with E-state index in [0.717, 1.165) is 0 Å². The molecular weight excluding hydrogens is 381 g/mol. The summed E-state index contributed by atoms with van der Waals surface area (Å²) in [5.74, 6) is -0.367. The fraction of sp³-hybridized carbons (Fsp3) is 0.357. The molecule has 0 saturated carbocycles. The highest BCUT2D eigenvalue weighted by Gasteiger charge is 2.47. The van der Waals surface area contributed by atoms with Gasteiger partial charge in [-0.25, -0.2) is 0 Å². The number of hydrogen-bond donors (Lipinski definition) is 2. The van der Waals surface area contributed by atoms with E-state index in [1.54, 1.807) is 12.1 Å². The van der Waals surface area contributed by atoms with E-state index in [9.17, 15) is 9.90 Å². The minimum Gasteiger partial charge on any atom is -0.509 e. The summed E-state index contributed by atoms with van der Waals surface area (Å²) >= 11 is 15.7. The molecule has 2 aliphatic heterocycles. The molecule has 7 heteroatoms. The number of carbonyl (C=O) groups excluding carboxylic acids is 1. The van der Waals surface area contributed by atoms with E-state index in [2.05, 4.69) is 21.2 Å². The van der Waals surface area contributed by atoms with Crippen molar-refractivity contribution in [1.82, 2.24) is 5.32 Å². The van der Waals surface area contributed by atoms with E-state index < -0.39 is 5.54 Å². The van der Waals surface area contributed by atoms with Gasteiger partial charge in [0.15, 0.2) is 0 Å². The van der Waals surface area contributed by atoms with Crippen LogP contribution in [0, 0.1) is 0 Å². The fourth-order valence-electron chi connectivity index (χ4n) is 2.76. The molecule has 2 aliphatic rings. The lowest BCUT2D eigenvalue weighted by Crippen LogP contribution is -2.48. The highest BCUT2D eigenvalue weighted by molar-refractivity contribution is 9.10. The van der Waals surface area contributed by atoms with Gasteiger partial charge in [0, 0.05) is 36.1 Å². The SMILES string of the molecule is O=C1NC2(CCOCC2)C(O)=C1c1c(Cl)ccc(Br)c1Cl. The van der Waals surface area contributed by atoms with E-state index >= 15 is 0 Å². The van der Waals surface area contributed by atoms with Crippen LogP contribution in [0.5, 0.6) is 0 Å². The Morgan fingerprint density at radius 1 is 1.29 bits per heavy atom. The quantitative estimate of drug-likeness (QED) is 0.716. The molecule has 1 saturated heterocycles. The average Bonchev–Trinajstić information content (AvgIpc) is 2.69. The molecule has 1 aromatic carbocycles. The highest BCUT2D eigenvalue weighted by atomic mass is 79.9. The monoisotopic (exact) mass is 391 g/mol. The topological polar surface area (TPSA) is 58.6 Å². The number of halogens is 3. The smallest absolute Gasteiger partial charge is 0.256 e. The van der Waals surface area contributed by atoms with Gasteiger partial charge in [0.25, 0.3) is 5.91 Å². The lowest BCUT2D eigenvalue weighted by atomic mass is 9.88. The number of hydrogen-bond acceptors (Lipinski definition) is 3. The molecule has 0 bridgehead atoms. The Hall–Kier alpha value is -0.750. The number of aliphatic hydroxyl groups is 1. The van der Waals surface area contributed by atoms with Crippen molar-refractivity contribution in [1.29, 1.82) is 0 Å². The summed E-state index contributed by atoms with van der Waals surface area (Å²) in [7, 11) is 0. The summed E-state index contributed by atoms with van der Waals surface area (Å²) in [6.45, 7) is 0.967. The van der Waals surface area contributed by atoms with Gasteiger partial charge >= 0.3 is 0 Å². The zero-order valence-electron chi connectivity index (χ0n) is 10.9. The van der Waals surface area contributed by atoms with Gasteiger partial charge < -0.3 is 15.2 Å². The van der Waals surface area contributed by atoms with Crippen LogP contribution in [0.1, 0.15) is 18.4 Å². The zero-order chi connectivity index (χ0) is 15.2. The van der Waals surface area contributed by atoms with Crippen molar-refractivity contribution < 1.29 is 14.6 Å². The molecule has 2 heterocycles. The van der Waals surface area contributed by atoms with Crippen LogP contribution < -0.4 is 5.32 Å². The van der Waals surface area contributed by atoms with E-state index in [4.69, 9.17) is 27.9 Å². The maximum Gasteiger partial charge on any atom is 0.256 e. The second-order valence-corrected chi connectivity index (χ2v) is 6.73. The first-order chi connectivity index (χ1) is 9.96. The maximum absolute atomic E-state index is 12.4. The Balaban J connectivity index is 2.17. The van der Waals surface area contributed by atoms with Gasteiger partial charge in [-0.15, -0.1) is 0 Å². The van der Waals surface area contributed by atoms with Gasteiger partial charge in [0.05, 0.1) is 15.6 Å². The van der Waals surface area contributed by atoms with Crippen LogP contribution in [-0.4, -0.2) is 29.8 Å². The largest absolute Gasteiger partial charge is 0.509 e. The van der Waals surface area contributed by atoms with Crippen LogP contribution in [-0.2, 0) is 9.53 Å². The molecule has 3 rings (SSSR count). The number of amides is 1. The van der Waals surface area contributed by atoms with Gasteiger partial charge in [-0.3, -0.25) is 4.79 Å². The number of carbonyl (C=O) groups is 1. The first-order valence-electron chi connectivity index (χ1n) is 6.44. The third-order valence-electron chi connectivity index (χ3n) is 3.91. The van der Waals surface area contributed by atoms with E-state index in [1.165, 1.54) is 0 Å². The molecule has 21 heavy (non-hydrogen) atoms. The Morgan fingerprint density at radius 3 is 2.62 bits per heavy atom. The second kappa shape index (κ2) is 5.47. The zero-order valence-corrected chi connectivity index (χ0v) is 14.0. The normalized spacial score (nSPS) is 21.0. The van der Waals surface area contributed by atoms with Gasteiger partial charge in [0.1, 0.15) is 11.3 Å². The summed E-state index contributed by atoms with van der Waals surface area (Å²) in [4.78, 5) is 12.4. The van der Waals surface area contributed by atoms with Crippen LogP contribution in [0.2, 0.25) is 10.0 Å². The molecule has 0 aromatic heterocycles. The van der Waals surface area contributed by atoms with Crippen molar-refractivity contribution in [3.63, 3.8) is 0 Å². The van der Waals surface area contributed by atoms with Crippen molar-refractivity contribution in [3.8, 4) is 0 Å². The van der Waals surface area contributed by atoms with Crippen molar-refractivity contribution >= 4 is 50.6 Å². The van der Waals surface area contributed by atoms with Crippen LogP contribution >= 0.6 is 39.1 Å². The van der Waals surface area contributed by atoms with Crippen molar-refractivity contribution in [2.75, 3.05) is 13.2 Å². The fourth-order valence-corrected chi connectivity index (χ4v) is 3.65. The molecule has 112 valence electrons. The average molecular weight is 393 g/mol. The summed E-state index contributed by atoms with van der Waals surface area (Å²) in [6.07, 6.45) is 1.05. The number of rotatable bonds is 1. The maximum atomic E-state index is 12.4. The van der Waals surface area contributed by atoms with Gasteiger partial charge in [-0.2, -0.15) is 0 Å². The molecule has 0 atom stereocenters. The molecule has 1 spiro atoms. The summed E-state index contributed by atoms with van der Waals surface area (Å²) < 4.78 is 5.92. The minimum absolute atomic E-state index is 0.00213. The lowest BCUT2D eigenvalue weighted by molar-refractivity contribution is -0.117. The van der Waals surface area contributed by atoms with Gasteiger partial charge in [-0.1, -0.05) is 23.2 Å². The summed E-state index contributed by atoms with van der Waals surface area (Å²) in [6, 6.07) is 3.33. The molecule has 4 nitrogen and oxygen atoms in total. The number of nitrogens with one attached hydrogen (secondary N) is 1. The van der Waals surface area contributed by atoms with Crippen LogP contribution in [0.25, 0.3) is 5.57 Å². The highest BCUT2D eigenvalue weighted by Crippen LogP contribution is 2.43. The molecular formula is C14H12BrCl2NO3. The predicted octanol–water partition coefficient (Wildman–Crippen LogP) is 3.70. The Kier molecular flexibility index (Phi) is 3.94. The molecule has 1 amide bonds. The van der Waals surface area contributed by atoms with E-state index in [-0.39, 0.29) is 17.2 Å². The van der Waals surface area contributed by atoms with E-state index in [0.29, 0.717) is 46.1 Å². The van der Waals surface area contributed by atoms with Crippen molar-refractivity contribution in [3.05, 3.63) is 38.0 Å². The first kappa shape index (κ1) is 15.2. The number of aliphatic hydroxyl groups excluding tert-OH is 1. The van der Waals surface area contributed by atoms with Crippen LogP contribution in [0.4, 0.5) is 0 Å². The predicted molar refractivity (Wildman–Crippen MR) is 84.6 cm³/mol. The van der Waals surface area contributed by atoms with Crippen molar-refractivity contribution in [2.45, 2.75) is 18.4 Å². The third-order valence-corrected chi connectivity index (χ3v) is 5.51. The van der Waals surface area contributed by atoms with Crippen LogP contribution in [0.3, 0.4) is 0 Å². The Morgan fingerprint density at radius 2 is 1.95 bits per heavy atom. The first-order valence-corrected chi connectivity index (χ1v) is 7.99. The minimum atomic E-state index is -0.764. The van der Waals surface area contributed by atoms with Crippen molar-refractivity contribution in [2.24, 2.45) is 0 Å². The lowest BCUT2D eigenvalue weighted by Gasteiger charge is -2.33. The second-order valence-electron chi connectivity index (χ2n) is 5.09. The van der Waals surface area contributed by atoms with Crippen LogP contribution in [0.15, 0.2) is 22.4 Å². The van der Waals surface area contributed by atoms with Gasteiger partial charge in [0.2, 0.25) is 0 Å². The van der Waals surface area contributed by atoms with Gasteiger partial charge in [-0.05, 0) is 28.1 Å².